The summed E-state index contributed by atoms with van der Waals surface area (Å²) in [6.45, 7) is 9.16. The number of carbonyl (C=O) groups is 3. The van der Waals surface area contributed by atoms with Crippen LogP contribution in [0.4, 0.5) is 4.79 Å². The largest absolute Gasteiger partial charge is 0.463 e. The van der Waals surface area contributed by atoms with E-state index >= 15 is 0 Å². The molecule has 0 aliphatic carbocycles. The van der Waals surface area contributed by atoms with Crippen molar-refractivity contribution < 1.29 is 19.1 Å². The third-order valence-electron chi connectivity index (χ3n) is 5.47. The quantitative estimate of drug-likeness (QED) is 0.649. The Morgan fingerprint density at radius 1 is 1.13 bits per heavy atom. The van der Waals surface area contributed by atoms with Crippen LogP contribution in [-0.2, 0) is 14.3 Å². The lowest BCUT2D eigenvalue weighted by atomic mass is 9.95. The molecule has 2 aliphatic heterocycles. The Balaban J connectivity index is 1.78. The van der Waals surface area contributed by atoms with Crippen molar-refractivity contribution >= 4 is 17.9 Å². The standard InChI is InChI=1S/C23H32N4O4/c1-4-31-22(29)20-18(24-23(30)25-21(20)17-8-6-5-7-9-17)15-26-10-12-27(13-11-26)19(28)14-16(2)3/h5-9,16,21H,4,10-15H2,1-3H3,(H2,24,25,30). The van der Waals surface area contributed by atoms with Gasteiger partial charge < -0.3 is 20.3 Å². The predicted octanol–water partition coefficient (Wildman–Crippen LogP) is 2.05. The van der Waals surface area contributed by atoms with E-state index in [0.717, 1.165) is 5.56 Å². The second-order valence-corrected chi connectivity index (χ2v) is 8.31. The fraction of sp³-hybridized carbons (Fsp3) is 0.522. The van der Waals surface area contributed by atoms with E-state index in [2.05, 4.69) is 15.5 Å². The zero-order valence-corrected chi connectivity index (χ0v) is 18.5. The molecule has 8 nitrogen and oxygen atoms in total. The zero-order valence-electron chi connectivity index (χ0n) is 18.5. The number of piperazine rings is 1. The number of benzene rings is 1. The average Bonchev–Trinajstić information content (AvgIpc) is 2.74. The van der Waals surface area contributed by atoms with Crippen LogP contribution in [0.5, 0.6) is 0 Å². The Hall–Kier alpha value is -2.87. The number of hydrogen-bond donors (Lipinski definition) is 2. The van der Waals surface area contributed by atoms with Crippen LogP contribution in [0.2, 0.25) is 0 Å². The normalized spacial score (nSPS) is 19.8. The molecule has 31 heavy (non-hydrogen) atoms. The highest BCUT2D eigenvalue weighted by molar-refractivity contribution is 5.95. The lowest BCUT2D eigenvalue weighted by Gasteiger charge is -2.37. The van der Waals surface area contributed by atoms with Gasteiger partial charge in [0.15, 0.2) is 0 Å². The van der Waals surface area contributed by atoms with Crippen molar-refractivity contribution in [2.24, 2.45) is 5.92 Å². The maximum absolute atomic E-state index is 12.8. The van der Waals surface area contributed by atoms with Gasteiger partial charge >= 0.3 is 12.0 Å². The molecular formula is C23H32N4O4. The first-order chi connectivity index (χ1) is 14.9. The molecule has 1 atom stereocenters. The summed E-state index contributed by atoms with van der Waals surface area (Å²) in [6, 6.07) is 8.48. The van der Waals surface area contributed by atoms with Gasteiger partial charge in [-0.2, -0.15) is 0 Å². The third-order valence-corrected chi connectivity index (χ3v) is 5.47. The summed E-state index contributed by atoms with van der Waals surface area (Å²) >= 11 is 0. The van der Waals surface area contributed by atoms with Crippen LogP contribution in [-0.4, -0.2) is 67.0 Å². The van der Waals surface area contributed by atoms with Gasteiger partial charge in [0.25, 0.3) is 0 Å². The summed E-state index contributed by atoms with van der Waals surface area (Å²) in [7, 11) is 0. The molecule has 168 valence electrons. The van der Waals surface area contributed by atoms with Crippen molar-refractivity contribution in [3.63, 3.8) is 0 Å². The Bertz CT molecular complexity index is 829. The molecule has 0 aromatic heterocycles. The fourth-order valence-electron chi connectivity index (χ4n) is 3.95. The van der Waals surface area contributed by atoms with Crippen molar-refractivity contribution in [1.82, 2.24) is 20.4 Å². The van der Waals surface area contributed by atoms with Crippen molar-refractivity contribution in [3.8, 4) is 0 Å². The van der Waals surface area contributed by atoms with E-state index in [-0.39, 0.29) is 18.5 Å². The molecule has 8 heteroatoms. The number of nitrogens with one attached hydrogen (secondary N) is 2. The van der Waals surface area contributed by atoms with Gasteiger partial charge in [0.1, 0.15) is 0 Å². The lowest BCUT2D eigenvalue weighted by Crippen LogP contribution is -2.52. The van der Waals surface area contributed by atoms with Crippen molar-refractivity contribution in [1.29, 1.82) is 0 Å². The summed E-state index contributed by atoms with van der Waals surface area (Å²) in [5.74, 6) is 0.0766. The number of carbonyl (C=O) groups excluding carboxylic acids is 3. The van der Waals surface area contributed by atoms with Gasteiger partial charge in [-0.05, 0) is 18.4 Å². The van der Waals surface area contributed by atoms with Gasteiger partial charge in [0, 0.05) is 44.8 Å². The molecule has 2 aliphatic rings. The summed E-state index contributed by atoms with van der Waals surface area (Å²) in [4.78, 5) is 41.6. The van der Waals surface area contributed by atoms with E-state index in [1.807, 2.05) is 49.1 Å². The Morgan fingerprint density at radius 3 is 2.42 bits per heavy atom. The second-order valence-electron chi connectivity index (χ2n) is 8.31. The van der Waals surface area contributed by atoms with Crippen molar-refractivity contribution in [3.05, 3.63) is 47.2 Å². The lowest BCUT2D eigenvalue weighted by molar-refractivity contribution is -0.139. The summed E-state index contributed by atoms with van der Waals surface area (Å²) in [6.07, 6.45) is 0.554. The van der Waals surface area contributed by atoms with Crippen LogP contribution in [0.1, 0.15) is 38.8 Å². The molecule has 2 heterocycles. The minimum absolute atomic E-state index is 0.181. The van der Waals surface area contributed by atoms with E-state index in [0.29, 0.717) is 56.3 Å². The molecule has 1 aromatic carbocycles. The number of amides is 3. The highest BCUT2D eigenvalue weighted by Crippen LogP contribution is 2.28. The van der Waals surface area contributed by atoms with Gasteiger partial charge in [-0.3, -0.25) is 9.69 Å². The maximum Gasteiger partial charge on any atom is 0.338 e. The Morgan fingerprint density at radius 2 is 1.81 bits per heavy atom. The first-order valence-corrected chi connectivity index (χ1v) is 10.9. The Kier molecular flexibility index (Phi) is 7.68. The second kappa shape index (κ2) is 10.4. The van der Waals surface area contributed by atoms with Crippen molar-refractivity contribution in [2.45, 2.75) is 33.2 Å². The molecule has 2 N–H and O–H groups in total. The minimum atomic E-state index is -0.571. The molecular weight excluding hydrogens is 396 g/mol. The van der Waals surface area contributed by atoms with Gasteiger partial charge in [-0.1, -0.05) is 44.2 Å². The zero-order chi connectivity index (χ0) is 22.4. The van der Waals surface area contributed by atoms with Crippen LogP contribution in [0, 0.1) is 5.92 Å². The Labute approximate surface area is 183 Å². The van der Waals surface area contributed by atoms with Gasteiger partial charge in [0.05, 0.1) is 18.2 Å². The third kappa shape index (κ3) is 5.85. The average molecular weight is 429 g/mol. The molecule has 3 amide bonds. The first kappa shape index (κ1) is 22.8. The maximum atomic E-state index is 12.8. The molecule has 0 spiro atoms. The van der Waals surface area contributed by atoms with Crippen LogP contribution in [0.3, 0.4) is 0 Å². The van der Waals surface area contributed by atoms with Crippen LogP contribution >= 0.6 is 0 Å². The van der Waals surface area contributed by atoms with Gasteiger partial charge in [0.2, 0.25) is 5.91 Å². The van der Waals surface area contributed by atoms with Gasteiger partial charge in [-0.25, -0.2) is 9.59 Å². The fourth-order valence-corrected chi connectivity index (χ4v) is 3.95. The number of ether oxygens (including phenoxy) is 1. The van der Waals surface area contributed by atoms with Crippen molar-refractivity contribution in [2.75, 3.05) is 39.3 Å². The highest BCUT2D eigenvalue weighted by Gasteiger charge is 2.34. The predicted molar refractivity (Wildman–Crippen MR) is 117 cm³/mol. The smallest absolute Gasteiger partial charge is 0.338 e. The van der Waals surface area contributed by atoms with Crippen LogP contribution < -0.4 is 10.6 Å². The number of rotatable bonds is 7. The monoisotopic (exact) mass is 428 g/mol. The topological polar surface area (TPSA) is 91.0 Å². The van der Waals surface area contributed by atoms with E-state index in [1.54, 1.807) is 6.92 Å². The molecule has 1 saturated heterocycles. The molecule has 3 rings (SSSR count). The number of hydrogen-bond acceptors (Lipinski definition) is 5. The molecule has 1 aromatic rings. The molecule has 0 bridgehead atoms. The number of urea groups is 1. The minimum Gasteiger partial charge on any atom is -0.463 e. The molecule has 0 saturated carbocycles. The summed E-state index contributed by atoms with van der Waals surface area (Å²) in [5.41, 5.74) is 1.80. The number of esters is 1. The van der Waals surface area contributed by atoms with Crippen LogP contribution in [0.15, 0.2) is 41.6 Å². The van der Waals surface area contributed by atoms with Crippen LogP contribution in [0.25, 0.3) is 0 Å². The first-order valence-electron chi connectivity index (χ1n) is 10.9. The van der Waals surface area contributed by atoms with Gasteiger partial charge in [-0.15, -0.1) is 0 Å². The summed E-state index contributed by atoms with van der Waals surface area (Å²) < 4.78 is 5.31. The SMILES string of the molecule is CCOC(=O)C1=C(CN2CCN(C(=O)CC(C)C)CC2)NC(=O)NC1c1ccccc1. The summed E-state index contributed by atoms with van der Waals surface area (Å²) in [5, 5.41) is 5.67. The molecule has 0 radical (unpaired) electrons. The highest BCUT2D eigenvalue weighted by atomic mass is 16.5. The van der Waals surface area contributed by atoms with E-state index in [4.69, 9.17) is 4.74 Å². The van der Waals surface area contributed by atoms with E-state index < -0.39 is 12.0 Å². The van der Waals surface area contributed by atoms with E-state index in [1.165, 1.54) is 0 Å². The van der Waals surface area contributed by atoms with E-state index in [9.17, 15) is 14.4 Å². The molecule has 1 unspecified atom stereocenters. The molecule has 1 fully saturated rings. The number of nitrogens with zero attached hydrogens (tertiary/aromatic N) is 2.